The van der Waals surface area contributed by atoms with Gasteiger partial charge in [0, 0.05) is 23.8 Å². The standard InChI is InChI=1S/C13H15ClN4OS/c14-9-4-3-5-10(8-9)16-12-11(15)20-13(19)18(12)17-6-1-2-7-17/h3-5,8,16H,1-2,6-7,15H2. The number of nitrogen functional groups attached to an aromatic ring is 1. The van der Waals surface area contributed by atoms with E-state index in [0.717, 1.165) is 43.0 Å². The molecule has 3 rings (SSSR count). The zero-order chi connectivity index (χ0) is 14.1. The van der Waals surface area contributed by atoms with Gasteiger partial charge in [-0.25, -0.2) is 0 Å². The maximum atomic E-state index is 12.1. The summed E-state index contributed by atoms with van der Waals surface area (Å²) in [6.07, 6.45) is 2.19. The molecule has 1 aromatic heterocycles. The van der Waals surface area contributed by atoms with E-state index in [0.29, 0.717) is 15.8 Å². The van der Waals surface area contributed by atoms with Crippen molar-refractivity contribution in [2.45, 2.75) is 12.8 Å². The Labute approximate surface area is 125 Å². The number of anilines is 3. The topological polar surface area (TPSA) is 63.3 Å². The van der Waals surface area contributed by atoms with Crippen molar-refractivity contribution in [3.63, 3.8) is 0 Å². The molecule has 0 saturated carbocycles. The molecular formula is C13H15ClN4OS. The van der Waals surface area contributed by atoms with Crippen molar-refractivity contribution in [2.24, 2.45) is 0 Å². The lowest BCUT2D eigenvalue weighted by atomic mass is 10.3. The van der Waals surface area contributed by atoms with E-state index in [4.69, 9.17) is 17.3 Å². The first-order chi connectivity index (χ1) is 9.65. The molecule has 0 bridgehead atoms. The van der Waals surface area contributed by atoms with Gasteiger partial charge in [-0.3, -0.25) is 4.79 Å². The van der Waals surface area contributed by atoms with Crippen LogP contribution in [0.4, 0.5) is 16.5 Å². The Hall–Kier alpha value is -1.66. The molecule has 1 aliphatic heterocycles. The van der Waals surface area contributed by atoms with Crippen LogP contribution < -0.4 is 20.9 Å². The second-order valence-corrected chi connectivity index (χ2v) is 6.12. The van der Waals surface area contributed by atoms with Crippen LogP contribution in [0.2, 0.25) is 5.02 Å². The lowest BCUT2D eigenvalue weighted by Crippen LogP contribution is -2.38. The Morgan fingerprint density at radius 3 is 2.75 bits per heavy atom. The number of rotatable bonds is 3. The van der Waals surface area contributed by atoms with E-state index in [9.17, 15) is 4.79 Å². The van der Waals surface area contributed by atoms with Gasteiger partial charge in [-0.1, -0.05) is 29.0 Å². The van der Waals surface area contributed by atoms with Crippen LogP contribution >= 0.6 is 22.9 Å². The molecule has 7 heteroatoms. The largest absolute Gasteiger partial charge is 0.387 e. The van der Waals surface area contributed by atoms with Crippen LogP contribution in [0.5, 0.6) is 0 Å². The van der Waals surface area contributed by atoms with Crippen molar-refractivity contribution in [1.82, 2.24) is 4.68 Å². The Bertz CT molecular complexity index is 675. The van der Waals surface area contributed by atoms with E-state index in [1.165, 1.54) is 0 Å². The Balaban J connectivity index is 1.98. The van der Waals surface area contributed by atoms with Crippen LogP contribution in [0, 0.1) is 0 Å². The summed E-state index contributed by atoms with van der Waals surface area (Å²) in [7, 11) is 0. The van der Waals surface area contributed by atoms with Gasteiger partial charge >= 0.3 is 4.87 Å². The predicted molar refractivity (Wildman–Crippen MR) is 84.9 cm³/mol. The first kappa shape index (κ1) is 13.3. The molecule has 0 radical (unpaired) electrons. The highest BCUT2D eigenvalue weighted by Gasteiger charge is 2.21. The van der Waals surface area contributed by atoms with Crippen molar-refractivity contribution in [3.05, 3.63) is 39.0 Å². The fourth-order valence-corrected chi connectivity index (χ4v) is 3.26. The van der Waals surface area contributed by atoms with Gasteiger partial charge in [0.05, 0.1) is 0 Å². The Morgan fingerprint density at radius 2 is 2.05 bits per heavy atom. The van der Waals surface area contributed by atoms with E-state index in [1.807, 2.05) is 17.1 Å². The summed E-state index contributed by atoms with van der Waals surface area (Å²) in [6.45, 7) is 1.75. The first-order valence-corrected chi connectivity index (χ1v) is 7.64. The molecule has 0 aliphatic carbocycles. The molecule has 2 heterocycles. The number of nitrogens with one attached hydrogen (secondary N) is 1. The molecule has 2 aromatic rings. The zero-order valence-corrected chi connectivity index (χ0v) is 12.4. The van der Waals surface area contributed by atoms with Crippen LogP contribution in [0.1, 0.15) is 12.8 Å². The maximum absolute atomic E-state index is 12.1. The zero-order valence-electron chi connectivity index (χ0n) is 10.8. The first-order valence-electron chi connectivity index (χ1n) is 6.44. The van der Waals surface area contributed by atoms with Crippen molar-refractivity contribution >= 4 is 39.4 Å². The fourth-order valence-electron chi connectivity index (χ4n) is 2.36. The molecule has 0 amide bonds. The SMILES string of the molecule is Nc1sc(=O)n(N2CCCC2)c1Nc1cccc(Cl)c1. The number of nitrogens with two attached hydrogens (primary N) is 1. The van der Waals surface area contributed by atoms with Gasteiger partial charge in [-0.05, 0) is 31.0 Å². The van der Waals surface area contributed by atoms with Crippen LogP contribution in [0.3, 0.4) is 0 Å². The quantitative estimate of drug-likeness (QED) is 0.915. The van der Waals surface area contributed by atoms with Crippen LogP contribution in [0.15, 0.2) is 29.1 Å². The molecule has 1 saturated heterocycles. The molecule has 5 nitrogen and oxygen atoms in total. The highest BCUT2D eigenvalue weighted by atomic mass is 35.5. The fraction of sp³-hybridized carbons (Fsp3) is 0.308. The second kappa shape index (κ2) is 5.38. The predicted octanol–water partition coefficient (Wildman–Crippen LogP) is 2.62. The van der Waals surface area contributed by atoms with E-state index in [2.05, 4.69) is 5.32 Å². The summed E-state index contributed by atoms with van der Waals surface area (Å²) in [5.41, 5.74) is 6.79. The minimum atomic E-state index is -0.0612. The lowest BCUT2D eigenvalue weighted by molar-refractivity contribution is 0.661. The van der Waals surface area contributed by atoms with Gasteiger partial charge in [0.15, 0.2) is 5.82 Å². The van der Waals surface area contributed by atoms with Crippen LogP contribution in [-0.2, 0) is 0 Å². The van der Waals surface area contributed by atoms with Crippen molar-refractivity contribution in [3.8, 4) is 0 Å². The third-order valence-electron chi connectivity index (χ3n) is 3.27. The summed E-state index contributed by atoms with van der Waals surface area (Å²) in [6, 6.07) is 7.35. The van der Waals surface area contributed by atoms with Gasteiger partial charge in [0.25, 0.3) is 0 Å². The Morgan fingerprint density at radius 1 is 1.30 bits per heavy atom. The third kappa shape index (κ3) is 2.48. The molecule has 1 aromatic carbocycles. The molecular weight excluding hydrogens is 296 g/mol. The van der Waals surface area contributed by atoms with Crippen molar-refractivity contribution < 1.29 is 0 Å². The Kier molecular flexibility index (Phi) is 3.58. The summed E-state index contributed by atoms with van der Waals surface area (Å²) in [5, 5.41) is 6.36. The highest BCUT2D eigenvalue weighted by molar-refractivity contribution is 7.14. The molecule has 0 unspecified atom stereocenters. The smallest absolute Gasteiger partial charge is 0.329 e. The number of halogens is 1. The van der Waals surface area contributed by atoms with Gasteiger partial charge in [-0.2, -0.15) is 4.68 Å². The van der Waals surface area contributed by atoms with Gasteiger partial charge < -0.3 is 16.1 Å². The summed E-state index contributed by atoms with van der Waals surface area (Å²) in [5.74, 6) is 0.629. The average molecular weight is 311 g/mol. The monoisotopic (exact) mass is 310 g/mol. The third-order valence-corrected chi connectivity index (χ3v) is 4.26. The average Bonchev–Trinajstić information content (AvgIpc) is 2.99. The van der Waals surface area contributed by atoms with Crippen molar-refractivity contribution in [2.75, 3.05) is 29.1 Å². The minimum absolute atomic E-state index is 0.0612. The summed E-state index contributed by atoms with van der Waals surface area (Å²) in [4.78, 5) is 12.0. The number of benzene rings is 1. The minimum Gasteiger partial charge on any atom is -0.387 e. The lowest BCUT2D eigenvalue weighted by Gasteiger charge is -2.21. The number of thiazole rings is 1. The van der Waals surface area contributed by atoms with E-state index in [-0.39, 0.29) is 4.87 Å². The second-order valence-electron chi connectivity index (χ2n) is 4.69. The maximum Gasteiger partial charge on any atom is 0.329 e. The van der Waals surface area contributed by atoms with Crippen LogP contribution in [-0.4, -0.2) is 17.8 Å². The number of hydrogen-bond donors (Lipinski definition) is 2. The molecule has 20 heavy (non-hydrogen) atoms. The highest BCUT2D eigenvalue weighted by Crippen LogP contribution is 2.27. The normalized spacial score (nSPS) is 14.8. The van der Waals surface area contributed by atoms with Crippen molar-refractivity contribution in [1.29, 1.82) is 0 Å². The molecule has 0 spiro atoms. The molecule has 1 aliphatic rings. The summed E-state index contributed by atoms with van der Waals surface area (Å²) >= 11 is 7.03. The van der Waals surface area contributed by atoms with E-state index >= 15 is 0 Å². The molecule has 1 fully saturated rings. The molecule has 106 valence electrons. The molecule has 3 N–H and O–H groups in total. The number of nitrogens with zero attached hydrogens (tertiary/aromatic N) is 2. The van der Waals surface area contributed by atoms with E-state index < -0.39 is 0 Å². The summed E-state index contributed by atoms with van der Waals surface area (Å²) < 4.78 is 1.65. The van der Waals surface area contributed by atoms with E-state index in [1.54, 1.807) is 16.8 Å². The van der Waals surface area contributed by atoms with Gasteiger partial charge in [0.2, 0.25) is 0 Å². The van der Waals surface area contributed by atoms with Gasteiger partial charge in [0.1, 0.15) is 5.00 Å². The van der Waals surface area contributed by atoms with Crippen LogP contribution in [0.25, 0.3) is 0 Å². The number of hydrogen-bond acceptors (Lipinski definition) is 5. The number of aromatic nitrogens is 1. The van der Waals surface area contributed by atoms with Gasteiger partial charge in [-0.15, -0.1) is 0 Å². The molecule has 0 atom stereocenters.